The van der Waals surface area contributed by atoms with E-state index in [2.05, 4.69) is 47.0 Å². The summed E-state index contributed by atoms with van der Waals surface area (Å²) < 4.78 is 0.943. The Morgan fingerprint density at radius 1 is 1.43 bits per heavy atom. The van der Waals surface area contributed by atoms with E-state index in [0.717, 1.165) is 23.0 Å². The van der Waals surface area contributed by atoms with Gasteiger partial charge in [-0.1, -0.05) is 20.8 Å². The van der Waals surface area contributed by atoms with Crippen LogP contribution in [-0.2, 0) is 4.79 Å². The van der Waals surface area contributed by atoms with Crippen molar-refractivity contribution < 1.29 is 4.79 Å². The summed E-state index contributed by atoms with van der Waals surface area (Å²) in [5.74, 6) is 0.951. The maximum absolute atomic E-state index is 12.6. The number of amides is 1. The number of anilines is 1. The van der Waals surface area contributed by atoms with Crippen LogP contribution in [0.15, 0.2) is 16.6 Å². The van der Waals surface area contributed by atoms with Gasteiger partial charge in [-0.3, -0.25) is 4.79 Å². The normalized spacial score (nSPS) is 28.2. The molecule has 0 saturated heterocycles. The summed E-state index contributed by atoms with van der Waals surface area (Å²) in [5.41, 5.74) is 6.92. The number of hydrogen-bond acceptors (Lipinski definition) is 3. The lowest BCUT2D eigenvalue weighted by Crippen LogP contribution is -2.50. The van der Waals surface area contributed by atoms with Gasteiger partial charge >= 0.3 is 0 Å². The van der Waals surface area contributed by atoms with Crippen LogP contribution in [0.5, 0.6) is 0 Å². The zero-order valence-electron chi connectivity index (χ0n) is 13.1. The summed E-state index contributed by atoms with van der Waals surface area (Å²) in [4.78, 5) is 17.0. The molecule has 1 aromatic heterocycles. The topological polar surface area (TPSA) is 68.0 Å². The Kier molecular flexibility index (Phi) is 4.73. The number of pyridine rings is 1. The van der Waals surface area contributed by atoms with Crippen LogP contribution in [0.3, 0.4) is 0 Å². The number of aromatic nitrogens is 1. The first-order chi connectivity index (χ1) is 9.73. The third-order valence-electron chi connectivity index (χ3n) is 5.09. The molecule has 2 rings (SSSR count). The molecule has 3 N–H and O–H groups in total. The molecule has 1 aromatic rings. The highest BCUT2D eigenvalue weighted by molar-refractivity contribution is 9.10. The highest BCUT2D eigenvalue weighted by Crippen LogP contribution is 2.44. The molecule has 3 unspecified atom stereocenters. The van der Waals surface area contributed by atoms with Crippen molar-refractivity contribution in [1.82, 2.24) is 4.98 Å². The van der Waals surface area contributed by atoms with Gasteiger partial charge in [-0.15, -0.1) is 0 Å². The van der Waals surface area contributed by atoms with E-state index in [1.165, 1.54) is 0 Å². The van der Waals surface area contributed by atoms with E-state index in [1.54, 1.807) is 0 Å². The monoisotopic (exact) mass is 353 g/mol. The Morgan fingerprint density at radius 2 is 2.10 bits per heavy atom. The Balaban J connectivity index is 2.14. The molecule has 3 atom stereocenters. The van der Waals surface area contributed by atoms with Gasteiger partial charge in [0.05, 0.1) is 5.69 Å². The highest BCUT2D eigenvalue weighted by atomic mass is 79.9. The second-order valence-corrected chi connectivity index (χ2v) is 7.51. The Morgan fingerprint density at radius 3 is 2.71 bits per heavy atom. The van der Waals surface area contributed by atoms with Crippen LogP contribution in [0.2, 0.25) is 0 Å². The molecule has 1 amide bonds. The van der Waals surface area contributed by atoms with E-state index in [1.807, 2.05) is 19.1 Å². The van der Waals surface area contributed by atoms with Crippen LogP contribution < -0.4 is 11.1 Å². The van der Waals surface area contributed by atoms with Crippen LogP contribution in [0, 0.1) is 24.2 Å². The second-order valence-electron chi connectivity index (χ2n) is 6.66. The zero-order valence-corrected chi connectivity index (χ0v) is 14.7. The van der Waals surface area contributed by atoms with Crippen molar-refractivity contribution in [3.63, 3.8) is 0 Å². The second kappa shape index (κ2) is 6.05. The molecule has 0 aromatic carbocycles. The Bertz CT molecular complexity index is 544. The minimum absolute atomic E-state index is 0.0296. The molecule has 116 valence electrons. The van der Waals surface area contributed by atoms with Gasteiger partial charge in [-0.25, -0.2) is 4.98 Å². The van der Waals surface area contributed by atoms with Crippen molar-refractivity contribution in [3.05, 3.63) is 22.3 Å². The van der Waals surface area contributed by atoms with Crippen LogP contribution in [0.25, 0.3) is 0 Å². The van der Waals surface area contributed by atoms with Gasteiger partial charge in [0.1, 0.15) is 5.82 Å². The fourth-order valence-electron chi connectivity index (χ4n) is 3.15. The fourth-order valence-corrected chi connectivity index (χ4v) is 3.37. The van der Waals surface area contributed by atoms with Crippen LogP contribution in [-0.4, -0.2) is 16.9 Å². The van der Waals surface area contributed by atoms with Gasteiger partial charge in [0.2, 0.25) is 5.91 Å². The van der Waals surface area contributed by atoms with Crippen molar-refractivity contribution >= 4 is 27.7 Å². The van der Waals surface area contributed by atoms with Crippen LogP contribution in [0.1, 0.15) is 39.3 Å². The smallest absolute Gasteiger partial charge is 0.229 e. The van der Waals surface area contributed by atoms with Gasteiger partial charge in [-0.05, 0) is 59.2 Å². The molecule has 1 saturated carbocycles. The summed E-state index contributed by atoms with van der Waals surface area (Å²) in [6.07, 6.45) is 1.73. The number of rotatable bonds is 2. The number of carbonyl (C=O) groups is 1. The molecular weight excluding hydrogens is 330 g/mol. The molecule has 0 aliphatic heterocycles. The van der Waals surface area contributed by atoms with Crippen molar-refractivity contribution in [2.75, 3.05) is 5.32 Å². The number of hydrogen-bond donors (Lipinski definition) is 2. The van der Waals surface area contributed by atoms with E-state index in [-0.39, 0.29) is 23.3 Å². The number of aryl methyl sites for hydroxylation is 1. The van der Waals surface area contributed by atoms with Crippen LogP contribution >= 0.6 is 15.9 Å². The van der Waals surface area contributed by atoms with Gasteiger partial charge < -0.3 is 11.1 Å². The number of carbonyl (C=O) groups excluding carboxylic acids is 1. The number of halogens is 1. The predicted molar refractivity (Wildman–Crippen MR) is 88.9 cm³/mol. The van der Waals surface area contributed by atoms with E-state index in [9.17, 15) is 4.79 Å². The first-order valence-corrected chi connectivity index (χ1v) is 8.22. The van der Waals surface area contributed by atoms with E-state index in [0.29, 0.717) is 11.7 Å². The van der Waals surface area contributed by atoms with Gasteiger partial charge in [0, 0.05) is 16.4 Å². The summed E-state index contributed by atoms with van der Waals surface area (Å²) in [6, 6.07) is 3.90. The van der Waals surface area contributed by atoms with Crippen molar-refractivity contribution in [2.24, 2.45) is 23.0 Å². The largest absolute Gasteiger partial charge is 0.327 e. The molecule has 4 nitrogen and oxygen atoms in total. The minimum Gasteiger partial charge on any atom is -0.327 e. The van der Waals surface area contributed by atoms with E-state index >= 15 is 0 Å². The lowest BCUT2D eigenvalue weighted by molar-refractivity contribution is -0.127. The van der Waals surface area contributed by atoms with Gasteiger partial charge in [0.15, 0.2) is 0 Å². The summed E-state index contributed by atoms with van der Waals surface area (Å²) >= 11 is 3.42. The molecule has 0 radical (unpaired) electrons. The standard InChI is InChI=1S/C16H24BrN3O/c1-9-13(18)7-5-11(16(9,3)4)15(21)20-14-8-6-12(17)10(2)19-14/h6,8-9,11,13H,5,7,18H2,1-4H3,(H,19,20,21). The average molecular weight is 354 g/mol. The molecule has 21 heavy (non-hydrogen) atoms. The lowest BCUT2D eigenvalue weighted by atomic mass is 9.61. The van der Waals surface area contributed by atoms with Crippen LogP contribution in [0.4, 0.5) is 5.82 Å². The van der Waals surface area contributed by atoms with Crippen molar-refractivity contribution in [3.8, 4) is 0 Å². The molecular formula is C16H24BrN3O. The SMILES string of the molecule is Cc1nc(NC(=O)C2CCC(N)C(C)C2(C)C)ccc1Br. The van der Waals surface area contributed by atoms with Crippen molar-refractivity contribution in [2.45, 2.75) is 46.6 Å². The first-order valence-electron chi connectivity index (χ1n) is 7.43. The highest BCUT2D eigenvalue weighted by Gasteiger charge is 2.45. The molecule has 1 aliphatic rings. The molecule has 5 heteroatoms. The van der Waals surface area contributed by atoms with E-state index in [4.69, 9.17) is 5.73 Å². The van der Waals surface area contributed by atoms with Gasteiger partial charge in [-0.2, -0.15) is 0 Å². The van der Waals surface area contributed by atoms with Gasteiger partial charge in [0.25, 0.3) is 0 Å². The first kappa shape index (κ1) is 16.4. The van der Waals surface area contributed by atoms with Crippen molar-refractivity contribution in [1.29, 1.82) is 0 Å². The number of nitrogens with two attached hydrogens (primary N) is 1. The summed E-state index contributed by atoms with van der Waals surface area (Å²) in [7, 11) is 0. The molecule has 1 heterocycles. The Labute approximate surface area is 135 Å². The maximum Gasteiger partial charge on any atom is 0.229 e. The Hall–Kier alpha value is -0.940. The zero-order chi connectivity index (χ0) is 15.8. The summed E-state index contributed by atoms with van der Waals surface area (Å²) in [5, 5.41) is 2.96. The average Bonchev–Trinajstić information content (AvgIpc) is 2.40. The minimum atomic E-state index is -0.105. The molecule has 0 spiro atoms. The lowest BCUT2D eigenvalue weighted by Gasteiger charge is -2.45. The molecule has 1 aliphatic carbocycles. The number of nitrogens with zero attached hydrogens (tertiary/aromatic N) is 1. The maximum atomic E-state index is 12.6. The van der Waals surface area contributed by atoms with E-state index < -0.39 is 0 Å². The molecule has 1 fully saturated rings. The fraction of sp³-hybridized carbons (Fsp3) is 0.625. The predicted octanol–water partition coefficient (Wildman–Crippen LogP) is 3.49. The number of nitrogens with one attached hydrogen (secondary N) is 1. The summed E-state index contributed by atoms with van der Waals surface area (Å²) in [6.45, 7) is 8.33. The third kappa shape index (κ3) is 3.29. The third-order valence-corrected chi connectivity index (χ3v) is 5.93. The molecule has 0 bridgehead atoms. The quantitative estimate of drug-likeness (QED) is 0.854.